The second-order valence-corrected chi connectivity index (χ2v) is 5.66. The summed E-state index contributed by atoms with van der Waals surface area (Å²) in [4.78, 5) is 11.0. The van der Waals surface area contributed by atoms with Crippen molar-refractivity contribution in [3.05, 3.63) is 29.3 Å². The van der Waals surface area contributed by atoms with E-state index in [4.69, 9.17) is 9.84 Å². The summed E-state index contributed by atoms with van der Waals surface area (Å²) in [5.41, 5.74) is 2.15. The average Bonchev–Trinajstić information content (AvgIpc) is 2.29. The number of hydrogen-bond acceptors (Lipinski definition) is 2. The van der Waals surface area contributed by atoms with Gasteiger partial charge >= 0.3 is 5.97 Å². The third-order valence-corrected chi connectivity index (χ3v) is 3.86. The maximum atomic E-state index is 11.0. The van der Waals surface area contributed by atoms with Crippen molar-refractivity contribution in [2.45, 2.75) is 39.5 Å². The molecule has 0 bridgehead atoms. The van der Waals surface area contributed by atoms with E-state index in [-0.39, 0.29) is 5.92 Å². The fourth-order valence-corrected chi connectivity index (χ4v) is 2.29. The molecule has 0 amide bonds. The molecule has 3 heteroatoms. The highest BCUT2D eigenvalue weighted by molar-refractivity contribution is 5.70. The first-order valence-electron chi connectivity index (χ1n) is 7.01. The first-order chi connectivity index (χ1) is 9.06. The number of benzene rings is 1. The van der Waals surface area contributed by atoms with Gasteiger partial charge < -0.3 is 9.84 Å². The molecular weight excluding hydrogens is 240 g/mol. The topological polar surface area (TPSA) is 46.5 Å². The van der Waals surface area contributed by atoms with Gasteiger partial charge in [0, 0.05) is 0 Å². The van der Waals surface area contributed by atoms with Gasteiger partial charge in [0.2, 0.25) is 0 Å². The SMILES string of the molecule is Cc1ccc(OCC2CCC2)c(CC(C)C(=O)O)c1. The van der Waals surface area contributed by atoms with E-state index in [1.54, 1.807) is 6.92 Å². The summed E-state index contributed by atoms with van der Waals surface area (Å²) in [6, 6.07) is 6.03. The molecule has 1 aliphatic rings. The number of carboxylic acids is 1. The fourth-order valence-electron chi connectivity index (χ4n) is 2.29. The number of ether oxygens (including phenoxy) is 1. The molecule has 3 nitrogen and oxygen atoms in total. The number of aliphatic carboxylic acids is 1. The summed E-state index contributed by atoms with van der Waals surface area (Å²) < 4.78 is 5.88. The Morgan fingerprint density at radius 3 is 2.79 bits per heavy atom. The molecule has 2 rings (SSSR count). The molecule has 1 fully saturated rings. The number of carboxylic acid groups (broad SMARTS) is 1. The van der Waals surface area contributed by atoms with E-state index < -0.39 is 5.97 Å². The van der Waals surface area contributed by atoms with Gasteiger partial charge in [0.15, 0.2) is 0 Å². The minimum atomic E-state index is -0.758. The van der Waals surface area contributed by atoms with Crippen molar-refractivity contribution in [1.29, 1.82) is 0 Å². The monoisotopic (exact) mass is 262 g/mol. The van der Waals surface area contributed by atoms with E-state index in [1.165, 1.54) is 19.3 Å². The number of rotatable bonds is 6. The first-order valence-corrected chi connectivity index (χ1v) is 7.01. The molecule has 19 heavy (non-hydrogen) atoms. The second-order valence-electron chi connectivity index (χ2n) is 5.66. The molecule has 1 aromatic rings. The molecule has 1 aliphatic carbocycles. The van der Waals surface area contributed by atoms with Crippen molar-refractivity contribution in [3.8, 4) is 5.75 Å². The van der Waals surface area contributed by atoms with Crippen LogP contribution in [0, 0.1) is 18.8 Å². The molecule has 0 spiro atoms. The van der Waals surface area contributed by atoms with Crippen LogP contribution in [0.15, 0.2) is 18.2 Å². The number of aryl methyl sites for hydroxylation is 1. The zero-order valence-corrected chi connectivity index (χ0v) is 11.7. The number of hydrogen-bond donors (Lipinski definition) is 1. The van der Waals surface area contributed by atoms with Gasteiger partial charge in [0.05, 0.1) is 12.5 Å². The van der Waals surface area contributed by atoms with Crippen molar-refractivity contribution in [2.24, 2.45) is 11.8 Å². The number of carbonyl (C=O) groups is 1. The third kappa shape index (κ3) is 3.72. The van der Waals surface area contributed by atoms with Gasteiger partial charge in [-0.25, -0.2) is 0 Å². The van der Waals surface area contributed by atoms with Crippen molar-refractivity contribution in [3.63, 3.8) is 0 Å². The summed E-state index contributed by atoms with van der Waals surface area (Å²) in [6.07, 6.45) is 4.35. The lowest BCUT2D eigenvalue weighted by Crippen LogP contribution is -2.20. The van der Waals surface area contributed by atoms with E-state index >= 15 is 0 Å². The Bertz CT molecular complexity index is 449. The molecule has 1 aromatic carbocycles. The van der Waals surface area contributed by atoms with Crippen molar-refractivity contribution in [1.82, 2.24) is 0 Å². The van der Waals surface area contributed by atoms with Crippen LogP contribution in [0.1, 0.15) is 37.3 Å². The van der Waals surface area contributed by atoms with Crippen LogP contribution < -0.4 is 4.74 Å². The lowest BCUT2D eigenvalue weighted by Gasteiger charge is -2.26. The maximum Gasteiger partial charge on any atom is 0.306 e. The highest BCUT2D eigenvalue weighted by atomic mass is 16.5. The molecule has 0 heterocycles. The molecule has 1 saturated carbocycles. The highest BCUT2D eigenvalue weighted by Crippen LogP contribution is 2.29. The Labute approximate surface area is 114 Å². The van der Waals surface area contributed by atoms with Crippen LogP contribution in [0.3, 0.4) is 0 Å². The second kappa shape index (κ2) is 6.09. The molecule has 0 saturated heterocycles. The normalized spacial score (nSPS) is 16.7. The van der Waals surface area contributed by atoms with Crippen molar-refractivity contribution < 1.29 is 14.6 Å². The van der Waals surface area contributed by atoms with E-state index in [0.29, 0.717) is 12.3 Å². The summed E-state index contributed by atoms with van der Waals surface area (Å²) in [5.74, 6) is 0.399. The van der Waals surface area contributed by atoms with Crippen LogP contribution in [0.25, 0.3) is 0 Å². The molecule has 0 aliphatic heterocycles. The minimum Gasteiger partial charge on any atom is -0.493 e. The van der Waals surface area contributed by atoms with Crippen LogP contribution in [0.4, 0.5) is 0 Å². The van der Waals surface area contributed by atoms with Gasteiger partial charge in [0.25, 0.3) is 0 Å². The maximum absolute atomic E-state index is 11.0. The van der Waals surface area contributed by atoms with Crippen molar-refractivity contribution >= 4 is 5.97 Å². The summed E-state index contributed by atoms with van der Waals surface area (Å²) >= 11 is 0. The van der Waals surface area contributed by atoms with E-state index in [9.17, 15) is 4.79 Å². The van der Waals surface area contributed by atoms with E-state index in [0.717, 1.165) is 23.5 Å². The third-order valence-electron chi connectivity index (χ3n) is 3.86. The van der Waals surface area contributed by atoms with Gasteiger partial charge in [-0.2, -0.15) is 0 Å². The highest BCUT2D eigenvalue weighted by Gasteiger charge is 2.19. The smallest absolute Gasteiger partial charge is 0.306 e. The standard InChI is InChI=1S/C16H22O3/c1-11-6-7-15(19-10-13-4-3-5-13)14(8-11)9-12(2)16(17)18/h6-8,12-13H,3-5,9-10H2,1-2H3,(H,17,18). The zero-order chi connectivity index (χ0) is 13.8. The van der Waals surface area contributed by atoms with Crippen LogP contribution in [0.2, 0.25) is 0 Å². The van der Waals surface area contributed by atoms with E-state index in [1.807, 2.05) is 25.1 Å². The predicted molar refractivity (Wildman–Crippen MR) is 74.5 cm³/mol. The molecule has 1 N–H and O–H groups in total. The van der Waals surface area contributed by atoms with Gasteiger partial charge in [-0.15, -0.1) is 0 Å². The summed E-state index contributed by atoms with van der Waals surface area (Å²) in [7, 11) is 0. The first kappa shape index (κ1) is 13.9. The molecule has 0 aromatic heterocycles. The molecule has 104 valence electrons. The average molecular weight is 262 g/mol. The minimum absolute atomic E-state index is 0.382. The van der Waals surface area contributed by atoms with Crippen molar-refractivity contribution in [2.75, 3.05) is 6.61 Å². The molecule has 1 atom stereocenters. The quantitative estimate of drug-likeness (QED) is 0.854. The Morgan fingerprint density at radius 1 is 1.47 bits per heavy atom. The Hall–Kier alpha value is -1.51. The van der Waals surface area contributed by atoms with Gasteiger partial charge in [0.1, 0.15) is 5.75 Å². The fraction of sp³-hybridized carbons (Fsp3) is 0.562. The summed E-state index contributed by atoms with van der Waals surface area (Å²) in [5, 5.41) is 9.03. The van der Waals surface area contributed by atoms with E-state index in [2.05, 4.69) is 0 Å². The van der Waals surface area contributed by atoms with Crippen LogP contribution >= 0.6 is 0 Å². The molecular formula is C16H22O3. The van der Waals surface area contributed by atoms with Crippen LogP contribution in [-0.4, -0.2) is 17.7 Å². The van der Waals surface area contributed by atoms with Gasteiger partial charge in [-0.1, -0.05) is 31.0 Å². The largest absolute Gasteiger partial charge is 0.493 e. The lowest BCUT2D eigenvalue weighted by atomic mass is 9.86. The zero-order valence-electron chi connectivity index (χ0n) is 11.7. The Balaban J connectivity index is 2.05. The van der Waals surface area contributed by atoms with Gasteiger partial charge in [-0.3, -0.25) is 4.79 Å². The lowest BCUT2D eigenvalue weighted by molar-refractivity contribution is -0.141. The Morgan fingerprint density at radius 2 is 2.21 bits per heavy atom. The van der Waals surface area contributed by atoms with Gasteiger partial charge in [-0.05, 0) is 43.7 Å². The Kier molecular flexibility index (Phi) is 4.46. The van der Waals surface area contributed by atoms with Crippen LogP contribution in [0.5, 0.6) is 5.75 Å². The summed E-state index contributed by atoms with van der Waals surface area (Å²) in [6.45, 7) is 4.52. The predicted octanol–water partition coefficient (Wildman–Crippen LogP) is 3.44. The molecule has 1 unspecified atom stereocenters. The molecule has 0 radical (unpaired) electrons. The van der Waals surface area contributed by atoms with Crippen LogP contribution in [-0.2, 0) is 11.2 Å².